The van der Waals surface area contributed by atoms with Gasteiger partial charge in [-0.25, -0.2) is 4.39 Å². The molecule has 1 saturated carbocycles. The van der Waals surface area contributed by atoms with Gasteiger partial charge in [0.2, 0.25) is 0 Å². The molecule has 0 heterocycles. The maximum atomic E-state index is 13.9. The van der Waals surface area contributed by atoms with Crippen LogP contribution in [-0.2, 0) is 11.3 Å². The lowest BCUT2D eigenvalue weighted by Crippen LogP contribution is -2.60. The summed E-state index contributed by atoms with van der Waals surface area (Å²) in [4.78, 5) is 0. The van der Waals surface area contributed by atoms with E-state index in [0.29, 0.717) is 18.2 Å². The van der Waals surface area contributed by atoms with E-state index >= 15 is 0 Å². The van der Waals surface area contributed by atoms with Gasteiger partial charge >= 0.3 is 0 Å². The van der Waals surface area contributed by atoms with Gasteiger partial charge in [-0.05, 0) is 12.5 Å². The lowest BCUT2D eigenvalue weighted by molar-refractivity contribution is -0.0979. The highest BCUT2D eigenvalue weighted by atomic mass is 19.1. The number of rotatable bonds is 4. The van der Waals surface area contributed by atoms with Crippen molar-refractivity contribution in [3.8, 4) is 6.07 Å². The Hall–Kier alpha value is -1.44. The van der Waals surface area contributed by atoms with E-state index in [-0.39, 0.29) is 17.1 Å². The van der Waals surface area contributed by atoms with Crippen LogP contribution < -0.4 is 5.32 Å². The topological polar surface area (TPSA) is 45.0 Å². The van der Waals surface area contributed by atoms with Crippen LogP contribution in [0.2, 0.25) is 0 Å². The molecule has 2 atom stereocenters. The fourth-order valence-corrected chi connectivity index (χ4v) is 2.67. The zero-order chi connectivity index (χ0) is 14.0. The monoisotopic (exact) mass is 262 g/mol. The summed E-state index contributed by atoms with van der Waals surface area (Å²) in [6.07, 6.45) is 1.18. The van der Waals surface area contributed by atoms with E-state index in [4.69, 9.17) is 10.00 Å². The number of hydrogen-bond donors (Lipinski definition) is 1. The highest BCUT2D eigenvalue weighted by Crippen LogP contribution is 2.42. The summed E-state index contributed by atoms with van der Waals surface area (Å²) < 4.78 is 19.3. The van der Waals surface area contributed by atoms with Crippen LogP contribution in [0.25, 0.3) is 0 Å². The van der Waals surface area contributed by atoms with Crippen LogP contribution in [0.5, 0.6) is 0 Å². The van der Waals surface area contributed by atoms with Crippen LogP contribution in [0.4, 0.5) is 4.39 Å². The molecule has 1 aliphatic carbocycles. The van der Waals surface area contributed by atoms with Gasteiger partial charge in [-0.3, -0.25) is 0 Å². The summed E-state index contributed by atoms with van der Waals surface area (Å²) in [7, 11) is 1.72. The van der Waals surface area contributed by atoms with Gasteiger partial charge in [-0.2, -0.15) is 5.26 Å². The zero-order valence-corrected chi connectivity index (χ0v) is 11.5. The van der Waals surface area contributed by atoms with Gasteiger partial charge in [-0.15, -0.1) is 0 Å². The molecule has 1 N–H and O–H groups in total. The van der Waals surface area contributed by atoms with Crippen LogP contribution >= 0.6 is 0 Å². The molecule has 102 valence electrons. The van der Waals surface area contributed by atoms with Crippen molar-refractivity contribution in [2.24, 2.45) is 5.41 Å². The van der Waals surface area contributed by atoms with Gasteiger partial charge in [-0.1, -0.05) is 26.0 Å². The van der Waals surface area contributed by atoms with Gasteiger partial charge in [0.1, 0.15) is 11.9 Å². The molecule has 0 amide bonds. The fourth-order valence-electron chi connectivity index (χ4n) is 2.67. The first-order chi connectivity index (χ1) is 9.00. The second-order valence-electron chi connectivity index (χ2n) is 5.61. The molecule has 0 spiro atoms. The standard InChI is InChI=1S/C15H19FN2O/c1-15(2)12(7-13(15)19-3)18-9-11-6-4-5-10(8-17)14(11)16/h4-6,12-13,18H,7,9H2,1-3H3. The van der Waals surface area contributed by atoms with E-state index in [1.807, 2.05) is 6.07 Å². The molecule has 0 saturated heterocycles. The first-order valence-corrected chi connectivity index (χ1v) is 6.44. The quantitative estimate of drug-likeness (QED) is 0.907. The molecule has 1 fully saturated rings. The average molecular weight is 262 g/mol. The predicted molar refractivity (Wildman–Crippen MR) is 70.9 cm³/mol. The van der Waals surface area contributed by atoms with Gasteiger partial charge in [0.25, 0.3) is 0 Å². The Bertz CT molecular complexity index is 507. The Labute approximate surface area is 113 Å². The van der Waals surface area contributed by atoms with E-state index in [1.54, 1.807) is 19.2 Å². The van der Waals surface area contributed by atoms with E-state index in [1.165, 1.54) is 6.07 Å². The molecule has 0 aromatic heterocycles. The van der Waals surface area contributed by atoms with E-state index in [0.717, 1.165) is 6.42 Å². The number of methoxy groups -OCH3 is 1. The molecule has 19 heavy (non-hydrogen) atoms. The van der Waals surface area contributed by atoms with Gasteiger partial charge in [0, 0.05) is 30.7 Å². The molecule has 2 unspecified atom stereocenters. The van der Waals surface area contributed by atoms with Crippen LogP contribution in [0.15, 0.2) is 18.2 Å². The maximum Gasteiger partial charge on any atom is 0.145 e. The van der Waals surface area contributed by atoms with Crippen molar-refractivity contribution in [2.45, 2.75) is 39.0 Å². The second kappa shape index (κ2) is 5.28. The third-order valence-electron chi connectivity index (χ3n) is 4.20. The molecular weight excluding hydrogens is 243 g/mol. The molecule has 2 rings (SSSR count). The SMILES string of the molecule is COC1CC(NCc2cccc(C#N)c2F)C1(C)C. The molecule has 1 aromatic carbocycles. The normalized spacial score (nSPS) is 24.6. The largest absolute Gasteiger partial charge is 0.381 e. The van der Waals surface area contributed by atoms with Crippen molar-refractivity contribution in [3.63, 3.8) is 0 Å². The van der Waals surface area contributed by atoms with Crippen molar-refractivity contribution in [1.82, 2.24) is 5.32 Å². The number of ether oxygens (including phenoxy) is 1. The van der Waals surface area contributed by atoms with Crippen LogP contribution in [0, 0.1) is 22.6 Å². The van der Waals surface area contributed by atoms with Gasteiger partial charge in [0.15, 0.2) is 0 Å². The van der Waals surface area contributed by atoms with Crippen molar-refractivity contribution >= 4 is 0 Å². The smallest absolute Gasteiger partial charge is 0.145 e. The summed E-state index contributed by atoms with van der Waals surface area (Å²) in [5.74, 6) is -0.419. The van der Waals surface area contributed by atoms with Gasteiger partial charge in [0.05, 0.1) is 11.7 Å². The molecule has 3 nitrogen and oxygen atoms in total. The van der Waals surface area contributed by atoms with Gasteiger partial charge < -0.3 is 10.1 Å². The minimum absolute atomic E-state index is 0.0536. The van der Waals surface area contributed by atoms with Crippen LogP contribution in [-0.4, -0.2) is 19.3 Å². The van der Waals surface area contributed by atoms with Crippen molar-refractivity contribution in [1.29, 1.82) is 5.26 Å². The first-order valence-electron chi connectivity index (χ1n) is 6.44. The van der Waals surface area contributed by atoms with Crippen LogP contribution in [0.3, 0.4) is 0 Å². The molecule has 4 heteroatoms. The van der Waals surface area contributed by atoms with E-state index in [9.17, 15) is 4.39 Å². The molecule has 0 radical (unpaired) electrons. The average Bonchev–Trinajstić information content (AvgIpc) is 2.39. The maximum absolute atomic E-state index is 13.9. The Balaban J connectivity index is 2.00. The number of benzene rings is 1. The lowest BCUT2D eigenvalue weighted by atomic mass is 9.64. The Morgan fingerprint density at radius 3 is 2.84 bits per heavy atom. The number of nitrogens with zero attached hydrogens (tertiary/aromatic N) is 1. The second-order valence-corrected chi connectivity index (χ2v) is 5.61. The summed E-state index contributed by atoms with van der Waals surface area (Å²) in [5.41, 5.74) is 0.690. The van der Waals surface area contributed by atoms with E-state index in [2.05, 4.69) is 19.2 Å². The van der Waals surface area contributed by atoms with Crippen molar-refractivity contribution < 1.29 is 9.13 Å². The van der Waals surface area contributed by atoms with Crippen molar-refractivity contribution in [2.75, 3.05) is 7.11 Å². The number of halogens is 1. The third kappa shape index (κ3) is 2.49. The number of hydrogen-bond acceptors (Lipinski definition) is 3. The third-order valence-corrected chi connectivity index (χ3v) is 4.20. The number of nitrogens with one attached hydrogen (secondary N) is 1. The summed E-state index contributed by atoms with van der Waals surface area (Å²) in [5, 5.41) is 12.2. The summed E-state index contributed by atoms with van der Waals surface area (Å²) in [6.45, 7) is 4.72. The van der Waals surface area contributed by atoms with Crippen molar-refractivity contribution in [3.05, 3.63) is 35.1 Å². The Morgan fingerprint density at radius 1 is 1.53 bits per heavy atom. The number of nitriles is 1. The minimum Gasteiger partial charge on any atom is -0.381 e. The van der Waals surface area contributed by atoms with Crippen LogP contribution in [0.1, 0.15) is 31.4 Å². The molecule has 0 bridgehead atoms. The Morgan fingerprint density at radius 2 is 2.26 bits per heavy atom. The van der Waals surface area contributed by atoms with E-state index < -0.39 is 5.82 Å². The Kier molecular flexibility index (Phi) is 3.88. The molecule has 0 aliphatic heterocycles. The molecule has 1 aromatic rings. The zero-order valence-electron chi connectivity index (χ0n) is 11.5. The molecular formula is C15H19FN2O. The minimum atomic E-state index is -0.419. The first kappa shape index (κ1) is 14.0. The highest BCUT2D eigenvalue weighted by molar-refractivity contribution is 5.34. The predicted octanol–water partition coefficient (Wildman–Crippen LogP) is 2.60. The fraction of sp³-hybridized carbons (Fsp3) is 0.533. The summed E-state index contributed by atoms with van der Waals surface area (Å²) >= 11 is 0. The highest BCUT2D eigenvalue weighted by Gasteiger charge is 2.48. The summed E-state index contributed by atoms with van der Waals surface area (Å²) in [6, 6.07) is 7.08. The molecule has 1 aliphatic rings. The lowest BCUT2D eigenvalue weighted by Gasteiger charge is -2.51.